The third-order valence-corrected chi connectivity index (χ3v) is 4.44. The number of primary amides is 1. The molecule has 1 aliphatic heterocycles. The Hall–Kier alpha value is -2.41. The van der Waals surface area contributed by atoms with E-state index in [9.17, 15) is 14.4 Å². The molecule has 7 heteroatoms. The number of carbonyl (C=O) groups excluding carboxylic acids is 3. The van der Waals surface area contributed by atoms with E-state index in [-0.39, 0.29) is 11.8 Å². The second kappa shape index (κ2) is 9.17. The molecule has 1 saturated heterocycles. The van der Waals surface area contributed by atoms with Gasteiger partial charge in [0.2, 0.25) is 5.91 Å². The fraction of sp³-hybridized carbons (Fsp3) is 0.500. The summed E-state index contributed by atoms with van der Waals surface area (Å²) < 4.78 is 0. The Morgan fingerprint density at radius 1 is 1.24 bits per heavy atom. The van der Waals surface area contributed by atoms with Crippen LogP contribution >= 0.6 is 0 Å². The van der Waals surface area contributed by atoms with E-state index in [4.69, 9.17) is 5.73 Å². The van der Waals surface area contributed by atoms with E-state index in [0.717, 1.165) is 37.9 Å². The first-order valence-electron chi connectivity index (χ1n) is 8.64. The molecule has 0 aliphatic carbocycles. The first kappa shape index (κ1) is 18.9. The molecule has 1 aromatic rings. The molecular formula is C18H26N4O3. The lowest BCUT2D eigenvalue weighted by atomic mass is 9.97. The molecule has 3 amide bonds. The minimum absolute atomic E-state index is 0.0803. The van der Waals surface area contributed by atoms with Crippen LogP contribution in [0, 0.1) is 12.8 Å². The topological polar surface area (TPSA) is 105 Å². The highest BCUT2D eigenvalue weighted by molar-refractivity contribution is 6.39. The maximum atomic E-state index is 11.9. The SMILES string of the molecule is Cc1ccccc1NC(=O)C(=O)NCCCN1CCC[C@@H](C(N)=O)C1. The number of para-hydroxylation sites is 1. The molecule has 136 valence electrons. The van der Waals surface area contributed by atoms with Crippen LogP contribution in [0.2, 0.25) is 0 Å². The first-order chi connectivity index (χ1) is 12.0. The van der Waals surface area contributed by atoms with Gasteiger partial charge < -0.3 is 21.3 Å². The average Bonchev–Trinajstić information content (AvgIpc) is 2.60. The highest BCUT2D eigenvalue weighted by Crippen LogP contribution is 2.16. The van der Waals surface area contributed by atoms with Crippen molar-refractivity contribution in [1.82, 2.24) is 10.2 Å². The van der Waals surface area contributed by atoms with Gasteiger partial charge in [-0.3, -0.25) is 14.4 Å². The van der Waals surface area contributed by atoms with Crippen LogP contribution in [0.1, 0.15) is 24.8 Å². The molecule has 4 N–H and O–H groups in total. The largest absolute Gasteiger partial charge is 0.369 e. The molecule has 1 aliphatic rings. The molecule has 1 atom stereocenters. The predicted molar refractivity (Wildman–Crippen MR) is 95.8 cm³/mol. The van der Waals surface area contributed by atoms with Gasteiger partial charge in [0.15, 0.2) is 0 Å². The number of piperidine rings is 1. The fourth-order valence-electron chi connectivity index (χ4n) is 2.97. The molecular weight excluding hydrogens is 320 g/mol. The number of hydrogen-bond acceptors (Lipinski definition) is 4. The molecule has 25 heavy (non-hydrogen) atoms. The van der Waals surface area contributed by atoms with Crippen LogP contribution in [0.3, 0.4) is 0 Å². The first-order valence-corrected chi connectivity index (χ1v) is 8.64. The van der Waals surface area contributed by atoms with E-state index >= 15 is 0 Å². The van der Waals surface area contributed by atoms with Crippen LogP contribution in [-0.2, 0) is 14.4 Å². The van der Waals surface area contributed by atoms with E-state index in [2.05, 4.69) is 15.5 Å². The van der Waals surface area contributed by atoms with Crippen LogP contribution < -0.4 is 16.4 Å². The molecule has 1 heterocycles. The minimum Gasteiger partial charge on any atom is -0.369 e. The van der Waals surface area contributed by atoms with Crippen LogP contribution in [-0.4, -0.2) is 48.8 Å². The van der Waals surface area contributed by atoms with Crippen LogP contribution in [0.15, 0.2) is 24.3 Å². The summed E-state index contributed by atoms with van der Waals surface area (Å²) >= 11 is 0. The number of nitrogens with two attached hydrogens (primary N) is 1. The zero-order valence-corrected chi connectivity index (χ0v) is 14.6. The van der Waals surface area contributed by atoms with Gasteiger partial charge in [0.25, 0.3) is 0 Å². The Morgan fingerprint density at radius 3 is 2.72 bits per heavy atom. The zero-order valence-electron chi connectivity index (χ0n) is 14.6. The number of hydrogen-bond donors (Lipinski definition) is 3. The van der Waals surface area contributed by atoms with Gasteiger partial charge in [0, 0.05) is 18.8 Å². The second-order valence-corrected chi connectivity index (χ2v) is 6.42. The van der Waals surface area contributed by atoms with E-state index in [0.29, 0.717) is 18.8 Å². The van der Waals surface area contributed by atoms with Crippen molar-refractivity contribution in [2.75, 3.05) is 31.5 Å². The molecule has 1 aromatic carbocycles. The van der Waals surface area contributed by atoms with Crippen molar-refractivity contribution in [1.29, 1.82) is 0 Å². The summed E-state index contributed by atoms with van der Waals surface area (Å²) in [5.41, 5.74) is 6.90. The molecule has 1 fully saturated rings. The van der Waals surface area contributed by atoms with E-state index < -0.39 is 11.8 Å². The van der Waals surface area contributed by atoms with Crippen molar-refractivity contribution in [2.45, 2.75) is 26.2 Å². The number of carbonyl (C=O) groups is 3. The van der Waals surface area contributed by atoms with Crippen LogP contribution in [0.5, 0.6) is 0 Å². The van der Waals surface area contributed by atoms with Crippen molar-refractivity contribution < 1.29 is 14.4 Å². The Kier molecular flexibility index (Phi) is 6.94. The highest BCUT2D eigenvalue weighted by Gasteiger charge is 2.23. The summed E-state index contributed by atoms with van der Waals surface area (Å²) in [4.78, 5) is 37.2. The van der Waals surface area contributed by atoms with Gasteiger partial charge in [-0.2, -0.15) is 0 Å². The number of nitrogens with zero attached hydrogens (tertiary/aromatic N) is 1. The van der Waals surface area contributed by atoms with Crippen molar-refractivity contribution >= 4 is 23.4 Å². The van der Waals surface area contributed by atoms with Gasteiger partial charge in [0.05, 0.1) is 5.92 Å². The maximum Gasteiger partial charge on any atom is 0.313 e. The highest BCUT2D eigenvalue weighted by atomic mass is 16.2. The summed E-state index contributed by atoms with van der Waals surface area (Å²) in [5, 5.41) is 5.23. The Morgan fingerprint density at radius 2 is 2.00 bits per heavy atom. The monoisotopic (exact) mass is 346 g/mol. The number of benzene rings is 1. The van der Waals surface area contributed by atoms with Gasteiger partial charge in [-0.15, -0.1) is 0 Å². The van der Waals surface area contributed by atoms with Gasteiger partial charge in [-0.05, 0) is 50.9 Å². The normalized spacial score (nSPS) is 17.7. The minimum atomic E-state index is -0.666. The zero-order chi connectivity index (χ0) is 18.2. The second-order valence-electron chi connectivity index (χ2n) is 6.42. The quantitative estimate of drug-likeness (QED) is 0.519. The summed E-state index contributed by atoms with van der Waals surface area (Å²) in [7, 11) is 0. The van der Waals surface area contributed by atoms with Crippen molar-refractivity contribution in [3.05, 3.63) is 29.8 Å². The Balaban J connectivity index is 1.67. The summed E-state index contributed by atoms with van der Waals surface area (Å²) in [6.45, 7) is 4.66. The standard InChI is InChI=1S/C18H26N4O3/c1-13-6-2-3-8-15(13)21-18(25)17(24)20-9-5-11-22-10-4-7-14(12-22)16(19)23/h2-3,6,8,14H,4-5,7,9-12H2,1H3,(H2,19,23)(H,20,24)(H,21,25)/t14-/m1/s1. The average molecular weight is 346 g/mol. The van der Waals surface area contributed by atoms with Crippen molar-refractivity contribution in [2.24, 2.45) is 11.7 Å². The molecule has 0 aromatic heterocycles. The van der Waals surface area contributed by atoms with E-state index in [1.807, 2.05) is 19.1 Å². The van der Waals surface area contributed by atoms with Gasteiger partial charge in [0.1, 0.15) is 0 Å². The molecule has 0 saturated carbocycles. The number of amides is 3. The molecule has 0 unspecified atom stereocenters. The predicted octanol–water partition coefficient (Wildman–Crippen LogP) is 0.637. The molecule has 2 rings (SSSR count). The van der Waals surface area contributed by atoms with Crippen LogP contribution in [0.25, 0.3) is 0 Å². The van der Waals surface area contributed by atoms with E-state index in [1.54, 1.807) is 12.1 Å². The summed E-state index contributed by atoms with van der Waals surface area (Å²) in [6.07, 6.45) is 2.52. The van der Waals surface area contributed by atoms with Crippen LogP contribution in [0.4, 0.5) is 5.69 Å². The Bertz CT molecular complexity index is 633. The maximum absolute atomic E-state index is 11.9. The van der Waals surface area contributed by atoms with Crippen molar-refractivity contribution in [3.8, 4) is 0 Å². The number of rotatable bonds is 6. The number of nitrogens with one attached hydrogen (secondary N) is 2. The number of anilines is 1. The molecule has 0 bridgehead atoms. The molecule has 7 nitrogen and oxygen atoms in total. The lowest BCUT2D eigenvalue weighted by Gasteiger charge is -2.31. The Labute approximate surface area is 147 Å². The fourth-order valence-corrected chi connectivity index (χ4v) is 2.97. The van der Waals surface area contributed by atoms with Gasteiger partial charge >= 0.3 is 11.8 Å². The lowest BCUT2D eigenvalue weighted by molar-refractivity contribution is -0.136. The van der Waals surface area contributed by atoms with E-state index in [1.165, 1.54) is 0 Å². The lowest BCUT2D eigenvalue weighted by Crippen LogP contribution is -2.42. The van der Waals surface area contributed by atoms with Gasteiger partial charge in [-0.1, -0.05) is 18.2 Å². The molecule has 0 radical (unpaired) electrons. The molecule has 0 spiro atoms. The van der Waals surface area contributed by atoms with Crippen molar-refractivity contribution in [3.63, 3.8) is 0 Å². The van der Waals surface area contributed by atoms with Gasteiger partial charge in [-0.25, -0.2) is 0 Å². The smallest absolute Gasteiger partial charge is 0.313 e. The third kappa shape index (κ3) is 5.86. The summed E-state index contributed by atoms with van der Waals surface area (Å²) in [6, 6.07) is 7.30. The number of likely N-dealkylation sites (tertiary alicyclic amines) is 1. The third-order valence-electron chi connectivity index (χ3n) is 4.44. The summed E-state index contributed by atoms with van der Waals surface area (Å²) in [5.74, 6) is -1.63. The number of aryl methyl sites for hydroxylation is 1.